The first kappa shape index (κ1) is 15.0. The average Bonchev–Trinajstić information content (AvgIpc) is 2.84. The molecule has 1 aliphatic rings. The highest BCUT2D eigenvalue weighted by Gasteiger charge is 2.30. The minimum absolute atomic E-state index is 0.224. The third kappa shape index (κ3) is 4.62. The molecule has 0 bridgehead atoms. The highest BCUT2D eigenvalue weighted by Crippen LogP contribution is 2.26. The normalized spacial score (nSPS) is 22.3. The molecule has 2 rings (SSSR count). The number of benzene rings is 1. The van der Waals surface area contributed by atoms with Gasteiger partial charge in [0, 0.05) is 32.6 Å². The van der Waals surface area contributed by atoms with Gasteiger partial charge in [-0.1, -0.05) is 37.3 Å². The van der Waals surface area contributed by atoms with Crippen molar-refractivity contribution in [3.05, 3.63) is 35.9 Å². The number of rotatable bonds is 7. The first-order chi connectivity index (χ1) is 9.57. The Balaban J connectivity index is 1.98. The van der Waals surface area contributed by atoms with Crippen molar-refractivity contribution in [3.63, 3.8) is 0 Å². The number of nitrogens with two attached hydrogens (primary N) is 1. The summed E-state index contributed by atoms with van der Waals surface area (Å²) < 4.78 is 0. The van der Waals surface area contributed by atoms with Crippen molar-refractivity contribution in [2.45, 2.75) is 26.3 Å². The van der Waals surface area contributed by atoms with Crippen LogP contribution in [-0.4, -0.2) is 37.0 Å². The van der Waals surface area contributed by atoms with E-state index in [-0.39, 0.29) is 5.91 Å². The summed E-state index contributed by atoms with van der Waals surface area (Å²) in [5.74, 6) is -0.224. The fourth-order valence-corrected chi connectivity index (χ4v) is 2.87. The van der Waals surface area contributed by atoms with Gasteiger partial charge in [0.15, 0.2) is 0 Å². The number of nitrogens with zero attached hydrogens (tertiary/aromatic N) is 1. The predicted octanol–water partition coefficient (Wildman–Crippen LogP) is 1.36. The van der Waals surface area contributed by atoms with Crippen molar-refractivity contribution in [3.8, 4) is 0 Å². The van der Waals surface area contributed by atoms with Crippen LogP contribution in [-0.2, 0) is 11.3 Å². The number of primary amides is 1. The minimum Gasteiger partial charge on any atom is -0.370 e. The van der Waals surface area contributed by atoms with Crippen molar-refractivity contribution < 1.29 is 4.79 Å². The van der Waals surface area contributed by atoms with E-state index in [2.05, 4.69) is 41.4 Å². The molecule has 4 nitrogen and oxygen atoms in total. The molecule has 1 saturated heterocycles. The molecule has 4 heteroatoms. The molecule has 0 aliphatic carbocycles. The molecule has 1 aromatic carbocycles. The number of hydrogen-bond donors (Lipinski definition) is 2. The van der Waals surface area contributed by atoms with Crippen LogP contribution in [0.25, 0.3) is 0 Å². The number of amides is 1. The van der Waals surface area contributed by atoms with E-state index in [0.717, 1.165) is 32.7 Å². The zero-order valence-corrected chi connectivity index (χ0v) is 12.3. The van der Waals surface area contributed by atoms with Gasteiger partial charge in [-0.25, -0.2) is 0 Å². The SMILES string of the molecule is CC1(CN(CCC(N)=O)Cc2ccccc2)CCNC1. The van der Waals surface area contributed by atoms with Crippen molar-refractivity contribution in [2.24, 2.45) is 11.1 Å². The van der Waals surface area contributed by atoms with Crippen molar-refractivity contribution in [1.29, 1.82) is 0 Å². The van der Waals surface area contributed by atoms with E-state index in [0.29, 0.717) is 11.8 Å². The predicted molar refractivity (Wildman–Crippen MR) is 81.1 cm³/mol. The molecule has 1 fully saturated rings. The lowest BCUT2D eigenvalue weighted by atomic mass is 9.89. The maximum Gasteiger partial charge on any atom is 0.218 e. The lowest BCUT2D eigenvalue weighted by Crippen LogP contribution is -2.38. The molecule has 1 unspecified atom stereocenters. The van der Waals surface area contributed by atoms with Crippen molar-refractivity contribution in [1.82, 2.24) is 10.2 Å². The van der Waals surface area contributed by atoms with Gasteiger partial charge in [0.2, 0.25) is 5.91 Å². The zero-order valence-electron chi connectivity index (χ0n) is 12.3. The van der Waals surface area contributed by atoms with E-state index in [9.17, 15) is 4.79 Å². The zero-order chi connectivity index (χ0) is 14.4. The molecule has 0 saturated carbocycles. The second-order valence-corrected chi connectivity index (χ2v) is 6.15. The second kappa shape index (κ2) is 6.86. The van der Waals surface area contributed by atoms with E-state index < -0.39 is 0 Å². The number of hydrogen-bond acceptors (Lipinski definition) is 3. The van der Waals surface area contributed by atoms with Crippen LogP contribution < -0.4 is 11.1 Å². The van der Waals surface area contributed by atoms with Gasteiger partial charge in [-0.3, -0.25) is 9.69 Å². The molecule has 110 valence electrons. The summed E-state index contributed by atoms with van der Waals surface area (Å²) in [7, 11) is 0. The summed E-state index contributed by atoms with van der Waals surface area (Å²) in [6.07, 6.45) is 1.62. The Morgan fingerprint density at radius 3 is 2.75 bits per heavy atom. The average molecular weight is 275 g/mol. The third-order valence-corrected chi connectivity index (χ3v) is 3.99. The van der Waals surface area contributed by atoms with E-state index >= 15 is 0 Å². The van der Waals surface area contributed by atoms with Crippen LogP contribution in [0.2, 0.25) is 0 Å². The molecule has 1 heterocycles. The maximum absolute atomic E-state index is 11.1. The fraction of sp³-hybridized carbons (Fsp3) is 0.562. The molecule has 1 atom stereocenters. The molecule has 1 aliphatic heterocycles. The van der Waals surface area contributed by atoms with Crippen LogP contribution in [0.5, 0.6) is 0 Å². The smallest absolute Gasteiger partial charge is 0.218 e. The quantitative estimate of drug-likeness (QED) is 0.790. The van der Waals surface area contributed by atoms with Gasteiger partial charge in [-0.15, -0.1) is 0 Å². The monoisotopic (exact) mass is 275 g/mol. The van der Waals surface area contributed by atoms with Gasteiger partial charge in [0.1, 0.15) is 0 Å². The van der Waals surface area contributed by atoms with Crippen LogP contribution in [0.15, 0.2) is 30.3 Å². The van der Waals surface area contributed by atoms with Crippen molar-refractivity contribution >= 4 is 5.91 Å². The number of carbonyl (C=O) groups excluding carboxylic acids is 1. The molecule has 0 aromatic heterocycles. The summed E-state index contributed by atoms with van der Waals surface area (Å²) in [5, 5.41) is 3.43. The van der Waals surface area contributed by atoms with Gasteiger partial charge < -0.3 is 11.1 Å². The van der Waals surface area contributed by atoms with Gasteiger partial charge in [-0.2, -0.15) is 0 Å². The van der Waals surface area contributed by atoms with E-state index in [1.54, 1.807) is 0 Å². The molecule has 0 spiro atoms. The van der Waals surface area contributed by atoms with Gasteiger partial charge >= 0.3 is 0 Å². The molecule has 1 aromatic rings. The van der Waals surface area contributed by atoms with E-state index in [1.165, 1.54) is 12.0 Å². The lowest BCUT2D eigenvalue weighted by Gasteiger charge is -2.32. The Kier molecular flexibility index (Phi) is 5.15. The Morgan fingerprint density at radius 1 is 1.40 bits per heavy atom. The highest BCUT2D eigenvalue weighted by atomic mass is 16.1. The van der Waals surface area contributed by atoms with Gasteiger partial charge in [-0.05, 0) is 23.9 Å². The van der Waals surface area contributed by atoms with Crippen LogP contribution in [0.1, 0.15) is 25.3 Å². The largest absolute Gasteiger partial charge is 0.370 e. The number of carbonyl (C=O) groups is 1. The Hall–Kier alpha value is -1.39. The fourth-order valence-electron chi connectivity index (χ4n) is 2.87. The molecule has 20 heavy (non-hydrogen) atoms. The molecule has 3 N–H and O–H groups in total. The summed E-state index contributed by atoms with van der Waals surface area (Å²) >= 11 is 0. The molecule has 0 radical (unpaired) electrons. The lowest BCUT2D eigenvalue weighted by molar-refractivity contribution is -0.118. The molecule has 1 amide bonds. The molecular weight excluding hydrogens is 250 g/mol. The standard InChI is InChI=1S/C16H25N3O/c1-16(8-9-18-12-16)13-19(10-7-15(17)20)11-14-5-3-2-4-6-14/h2-6,18H,7-13H2,1H3,(H2,17,20). The van der Waals surface area contributed by atoms with Crippen LogP contribution in [0.4, 0.5) is 0 Å². The third-order valence-electron chi connectivity index (χ3n) is 3.99. The Labute approximate surface area is 121 Å². The highest BCUT2D eigenvalue weighted by molar-refractivity contribution is 5.73. The summed E-state index contributed by atoms with van der Waals surface area (Å²) in [6, 6.07) is 10.4. The first-order valence-electron chi connectivity index (χ1n) is 7.33. The summed E-state index contributed by atoms with van der Waals surface area (Å²) in [6.45, 7) is 7.07. The van der Waals surface area contributed by atoms with Crippen LogP contribution >= 0.6 is 0 Å². The van der Waals surface area contributed by atoms with Crippen LogP contribution in [0.3, 0.4) is 0 Å². The minimum atomic E-state index is -0.224. The molecular formula is C16H25N3O. The maximum atomic E-state index is 11.1. The summed E-state index contributed by atoms with van der Waals surface area (Å²) in [5.41, 5.74) is 6.88. The van der Waals surface area contributed by atoms with E-state index in [4.69, 9.17) is 5.73 Å². The van der Waals surface area contributed by atoms with Gasteiger partial charge in [0.05, 0.1) is 0 Å². The Morgan fingerprint density at radius 2 is 2.15 bits per heavy atom. The first-order valence-corrected chi connectivity index (χ1v) is 7.33. The van der Waals surface area contributed by atoms with Gasteiger partial charge in [0.25, 0.3) is 0 Å². The van der Waals surface area contributed by atoms with Crippen molar-refractivity contribution in [2.75, 3.05) is 26.2 Å². The second-order valence-electron chi connectivity index (χ2n) is 6.15. The van der Waals surface area contributed by atoms with E-state index in [1.807, 2.05) is 6.07 Å². The topological polar surface area (TPSA) is 58.4 Å². The number of nitrogens with one attached hydrogen (secondary N) is 1. The Bertz CT molecular complexity index is 427. The summed E-state index contributed by atoms with van der Waals surface area (Å²) in [4.78, 5) is 13.4. The van der Waals surface area contributed by atoms with Crippen LogP contribution in [0, 0.1) is 5.41 Å².